The van der Waals surface area contributed by atoms with E-state index in [9.17, 15) is 9.59 Å². The molecule has 0 atom stereocenters. The molecule has 3 heterocycles. The zero-order valence-corrected chi connectivity index (χ0v) is 15.9. The number of carbonyl (C=O) groups is 2. The van der Waals surface area contributed by atoms with Crippen LogP contribution in [-0.4, -0.2) is 23.3 Å². The van der Waals surface area contributed by atoms with Crippen molar-refractivity contribution in [1.82, 2.24) is 4.98 Å². The Morgan fingerprint density at radius 2 is 2.03 bits per heavy atom. The molecule has 0 aliphatic carbocycles. The van der Waals surface area contributed by atoms with Crippen molar-refractivity contribution in [2.75, 3.05) is 11.9 Å². The molecule has 0 saturated heterocycles. The number of thiazole rings is 1. The smallest absolute Gasteiger partial charge is 0.262 e. The van der Waals surface area contributed by atoms with E-state index in [4.69, 9.17) is 9.15 Å². The van der Waals surface area contributed by atoms with Gasteiger partial charge in [0.25, 0.3) is 5.91 Å². The Labute approximate surface area is 169 Å². The minimum atomic E-state index is -0.240. The van der Waals surface area contributed by atoms with Gasteiger partial charge in [-0.2, -0.15) is 0 Å². The molecule has 0 fully saturated rings. The summed E-state index contributed by atoms with van der Waals surface area (Å²) >= 11 is 1.56. The predicted molar refractivity (Wildman–Crippen MR) is 111 cm³/mol. The largest absolute Gasteiger partial charge is 0.482 e. The average Bonchev–Trinajstić information content (AvgIpc) is 3.38. The molecule has 2 aromatic heterocycles. The number of rotatable bonds is 4. The number of nitrogens with one attached hydrogen (secondary N) is 1. The first kappa shape index (κ1) is 17.4. The molecule has 0 unspecified atom stereocenters. The number of amides is 1. The van der Waals surface area contributed by atoms with Crippen LogP contribution in [0.15, 0.2) is 65.1 Å². The number of carbonyl (C=O) groups excluding carboxylic acids is 2. The van der Waals surface area contributed by atoms with Crippen LogP contribution in [0.1, 0.15) is 16.1 Å². The van der Waals surface area contributed by atoms with E-state index in [2.05, 4.69) is 10.3 Å². The molecule has 1 aliphatic heterocycles. The number of para-hydroxylation sites is 1. The SMILES string of the molecule is O=C1COc2ccc(C(=O)/C=C/c3ccc(-c4nc5ccccc5s4)o3)cc2N1. The lowest BCUT2D eigenvalue weighted by Crippen LogP contribution is -2.25. The second kappa shape index (κ2) is 7.03. The van der Waals surface area contributed by atoms with Gasteiger partial charge in [0, 0.05) is 5.56 Å². The van der Waals surface area contributed by atoms with Crippen LogP contribution in [0.4, 0.5) is 5.69 Å². The van der Waals surface area contributed by atoms with Crippen LogP contribution in [0, 0.1) is 0 Å². The minimum Gasteiger partial charge on any atom is -0.482 e. The van der Waals surface area contributed by atoms with Crippen LogP contribution < -0.4 is 10.1 Å². The van der Waals surface area contributed by atoms with Gasteiger partial charge >= 0.3 is 0 Å². The summed E-state index contributed by atoms with van der Waals surface area (Å²) in [6.07, 6.45) is 3.06. The maximum Gasteiger partial charge on any atom is 0.262 e. The summed E-state index contributed by atoms with van der Waals surface area (Å²) in [7, 11) is 0. The van der Waals surface area contributed by atoms with E-state index in [0.29, 0.717) is 28.5 Å². The fourth-order valence-electron chi connectivity index (χ4n) is 3.03. The van der Waals surface area contributed by atoms with E-state index < -0.39 is 0 Å². The number of ketones is 1. The molecule has 0 saturated carbocycles. The molecule has 1 amide bonds. The second-order valence-electron chi connectivity index (χ2n) is 6.43. The van der Waals surface area contributed by atoms with E-state index in [1.165, 1.54) is 6.08 Å². The van der Waals surface area contributed by atoms with Gasteiger partial charge in [-0.25, -0.2) is 4.98 Å². The van der Waals surface area contributed by atoms with Gasteiger partial charge in [-0.1, -0.05) is 12.1 Å². The van der Waals surface area contributed by atoms with Crippen molar-refractivity contribution in [3.05, 3.63) is 72.0 Å². The van der Waals surface area contributed by atoms with E-state index in [0.717, 1.165) is 15.2 Å². The first-order valence-corrected chi connectivity index (χ1v) is 9.72. The summed E-state index contributed by atoms with van der Waals surface area (Å²) in [5.74, 6) is 1.33. The number of ether oxygens (including phenoxy) is 1. The third-order valence-electron chi connectivity index (χ3n) is 4.43. The second-order valence-corrected chi connectivity index (χ2v) is 7.46. The van der Waals surface area contributed by atoms with Crippen molar-refractivity contribution in [3.8, 4) is 16.5 Å². The van der Waals surface area contributed by atoms with E-state index in [1.807, 2.05) is 30.3 Å². The molecule has 142 valence electrons. The Balaban J connectivity index is 1.35. The molecule has 0 radical (unpaired) electrons. The number of allylic oxidation sites excluding steroid dienone is 1. The fourth-order valence-corrected chi connectivity index (χ4v) is 3.95. The normalized spacial score (nSPS) is 13.3. The molecule has 1 aliphatic rings. The zero-order valence-electron chi connectivity index (χ0n) is 15.0. The summed E-state index contributed by atoms with van der Waals surface area (Å²) in [6, 6.07) is 16.5. The monoisotopic (exact) mass is 402 g/mol. The lowest BCUT2D eigenvalue weighted by atomic mass is 10.1. The molecule has 2 aromatic carbocycles. The number of hydrogen-bond donors (Lipinski definition) is 1. The topological polar surface area (TPSA) is 81.4 Å². The number of benzene rings is 2. The van der Waals surface area contributed by atoms with Gasteiger partial charge in [0.05, 0.1) is 15.9 Å². The van der Waals surface area contributed by atoms with Gasteiger partial charge < -0.3 is 14.5 Å². The Bertz CT molecular complexity index is 1250. The predicted octanol–water partition coefficient (Wildman–Crippen LogP) is 4.78. The fraction of sp³-hybridized carbons (Fsp3) is 0.0455. The summed E-state index contributed by atoms with van der Waals surface area (Å²) in [4.78, 5) is 28.5. The quantitative estimate of drug-likeness (QED) is 0.392. The highest BCUT2D eigenvalue weighted by Crippen LogP contribution is 2.32. The molecule has 0 spiro atoms. The van der Waals surface area contributed by atoms with Gasteiger partial charge in [-0.05, 0) is 54.6 Å². The van der Waals surface area contributed by atoms with Gasteiger partial charge in [-0.3, -0.25) is 9.59 Å². The third-order valence-corrected chi connectivity index (χ3v) is 5.48. The average molecular weight is 402 g/mol. The van der Waals surface area contributed by atoms with Crippen LogP contribution in [0.5, 0.6) is 5.75 Å². The highest BCUT2D eigenvalue weighted by Gasteiger charge is 2.17. The van der Waals surface area contributed by atoms with Crippen molar-refractivity contribution in [1.29, 1.82) is 0 Å². The summed E-state index contributed by atoms with van der Waals surface area (Å²) in [5.41, 5.74) is 1.88. The van der Waals surface area contributed by atoms with E-state index in [-0.39, 0.29) is 18.3 Å². The van der Waals surface area contributed by atoms with Gasteiger partial charge in [0.2, 0.25) is 0 Å². The van der Waals surface area contributed by atoms with E-state index >= 15 is 0 Å². The number of aromatic nitrogens is 1. The molecule has 7 heteroatoms. The molecular formula is C22H14N2O4S. The highest BCUT2D eigenvalue weighted by molar-refractivity contribution is 7.21. The van der Waals surface area contributed by atoms with Crippen molar-refractivity contribution < 1.29 is 18.7 Å². The molecule has 6 nitrogen and oxygen atoms in total. The van der Waals surface area contributed by atoms with Crippen LogP contribution in [0.3, 0.4) is 0 Å². The Morgan fingerprint density at radius 1 is 1.14 bits per heavy atom. The molecule has 29 heavy (non-hydrogen) atoms. The maximum atomic E-state index is 12.5. The molecule has 0 bridgehead atoms. The lowest BCUT2D eigenvalue weighted by molar-refractivity contribution is -0.118. The first-order valence-electron chi connectivity index (χ1n) is 8.91. The molecular weight excluding hydrogens is 388 g/mol. The third kappa shape index (κ3) is 3.43. The highest BCUT2D eigenvalue weighted by atomic mass is 32.1. The van der Waals surface area contributed by atoms with Gasteiger partial charge in [0.15, 0.2) is 23.2 Å². The lowest BCUT2D eigenvalue weighted by Gasteiger charge is -2.17. The van der Waals surface area contributed by atoms with Gasteiger partial charge in [0.1, 0.15) is 11.5 Å². The van der Waals surface area contributed by atoms with Gasteiger partial charge in [-0.15, -0.1) is 11.3 Å². The number of nitrogens with zero attached hydrogens (tertiary/aromatic N) is 1. The number of furan rings is 1. The maximum absolute atomic E-state index is 12.5. The summed E-state index contributed by atoms with van der Waals surface area (Å²) < 4.78 is 12.2. The molecule has 5 rings (SSSR count). The van der Waals surface area contributed by atoms with Crippen LogP contribution >= 0.6 is 11.3 Å². The van der Waals surface area contributed by atoms with Crippen LogP contribution in [0.25, 0.3) is 27.1 Å². The number of anilines is 1. The van der Waals surface area contributed by atoms with Crippen molar-refractivity contribution in [2.24, 2.45) is 0 Å². The van der Waals surface area contributed by atoms with Crippen molar-refractivity contribution in [3.63, 3.8) is 0 Å². The Kier molecular flexibility index (Phi) is 4.22. The zero-order chi connectivity index (χ0) is 19.8. The number of hydrogen-bond acceptors (Lipinski definition) is 6. The standard InChI is InChI=1S/C22H14N2O4S/c25-17(13-5-9-18-16(11-13)23-21(26)12-27-18)8-6-14-7-10-19(28-14)22-24-15-3-1-2-4-20(15)29-22/h1-11H,12H2,(H,23,26)/b8-6+. The van der Waals surface area contributed by atoms with Crippen LogP contribution in [0.2, 0.25) is 0 Å². The van der Waals surface area contributed by atoms with Crippen molar-refractivity contribution in [2.45, 2.75) is 0 Å². The molecule has 4 aromatic rings. The van der Waals surface area contributed by atoms with Crippen molar-refractivity contribution >= 4 is 45.0 Å². The Hall–Kier alpha value is -3.71. The first-order chi connectivity index (χ1) is 14.2. The number of fused-ring (bicyclic) bond motifs is 2. The Morgan fingerprint density at radius 3 is 2.93 bits per heavy atom. The summed E-state index contributed by atoms with van der Waals surface area (Å²) in [5, 5.41) is 3.49. The molecule has 1 N–H and O–H groups in total. The summed E-state index contributed by atoms with van der Waals surface area (Å²) in [6.45, 7) is -0.0182. The van der Waals surface area contributed by atoms with E-state index in [1.54, 1.807) is 41.7 Å². The minimum absolute atomic E-state index is 0.0182. The van der Waals surface area contributed by atoms with Crippen LogP contribution in [-0.2, 0) is 4.79 Å².